The fourth-order valence-corrected chi connectivity index (χ4v) is 5.71. The lowest BCUT2D eigenvalue weighted by Crippen LogP contribution is -2.41. The Morgan fingerprint density at radius 3 is 2.86 bits per heavy atom. The zero-order valence-electron chi connectivity index (χ0n) is 17.7. The van der Waals surface area contributed by atoms with Crippen LogP contribution in [0.1, 0.15) is 48.7 Å². The molecule has 1 saturated heterocycles. The molecular weight excluding hydrogens is 378 g/mol. The Labute approximate surface area is 179 Å². The van der Waals surface area contributed by atoms with E-state index in [1.807, 2.05) is 11.3 Å². The Hall–Kier alpha value is -1.69. The average Bonchev–Trinajstić information content (AvgIpc) is 3.43. The van der Waals surface area contributed by atoms with Crippen LogP contribution in [0.3, 0.4) is 0 Å². The van der Waals surface area contributed by atoms with Crippen molar-refractivity contribution in [3.8, 4) is 0 Å². The molecule has 0 N–H and O–H groups in total. The second kappa shape index (κ2) is 9.41. The van der Waals surface area contributed by atoms with Crippen molar-refractivity contribution in [1.82, 2.24) is 14.7 Å². The fraction of sp³-hybridized carbons (Fsp3) is 0.542. The van der Waals surface area contributed by atoms with E-state index < -0.39 is 0 Å². The first-order valence-corrected chi connectivity index (χ1v) is 11.9. The van der Waals surface area contributed by atoms with E-state index in [1.54, 1.807) is 0 Å². The highest BCUT2D eigenvalue weighted by molar-refractivity contribution is 7.10. The minimum atomic E-state index is 0.313. The van der Waals surface area contributed by atoms with E-state index in [2.05, 4.69) is 70.3 Å². The van der Waals surface area contributed by atoms with Crippen LogP contribution in [-0.2, 0) is 17.8 Å². The number of rotatable bonds is 7. The van der Waals surface area contributed by atoms with Crippen molar-refractivity contribution in [3.63, 3.8) is 0 Å². The molecule has 0 saturated carbocycles. The summed E-state index contributed by atoms with van der Waals surface area (Å²) in [5.74, 6) is 0.313. The summed E-state index contributed by atoms with van der Waals surface area (Å²) >= 11 is 1.83. The fourth-order valence-electron chi connectivity index (χ4n) is 4.82. The summed E-state index contributed by atoms with van der Waals surface area (Å²) < 4.78 is 0. The van der Waals surface area contributed by atoms with Crippen molar-refractivity contribution < 1.29 is 4.79 Å². The van der Waals surface area contributed by atoms with E-state index in [9.17, 15) is 4.79 Å². The molecule has 1 aromatic carbocycles. The second-order valence-electron chi connectivity index (χ2n) is 8.34. The van der Waals surface area contributed by atoms with Crippen molar-refractivity contribution in [2.24, 2.45) is 0 Å². The number of amides is 1. The molecule has 3 heterocycles. The van der Waals surface area contributed by atoms with Crippen molar-refractivity contribution in [1.29, 1.82) is 0 Å². The van der Waals surface area contributed by atoms with Gasteiger partial charge in [-0.2, -0.15) is 0 Å². The molecule has 29 heavy (non-hydrogen) atoms. The summed E-state index contributed by atoms with van der Waals surface area (Å²) in [6.45, 7) is 10.3. The summed E-state index contributed by atoms with van der Waals surface area (Å²) in [6, 6.07) is 14.0. The van der Waals surface area contributed by atoms with Crippen LogP contribution in [0.4, 0.5) is 0 Å². The monoisotopic (exact) mass is 411 g/mol. The molecule has 2 unspecified atom stereocenters. The minimum Gasteiger partial charge on any atom is -0.338 e. The number of fused-ring (bicyclic) bond motifs is 1. The molecule has 0 radical (unpaired) electrons. The Balaban J connectivity index is 1.28. The molecule has 0 bridgehead atoms. The van der Waals surface area contributed by atoms with E-state index in [0.717, 1.165) is 45.7 Å². The van der Waals surface area contributed by atoms with Gasteiger partial charge >= 0.3 is 0 Å². The molecule has 2 atom stereocenters. The van der Waals surface area contributed by atoms with E-state index in [-0.39, 0.29) is 0 Å². The van der Waals surface area contributed by atoms with Gasteiger partial charge in [-0.1, -0.05) is 37.3 Å². The van der Waals surface area contributed by atoms with Crippen LogP contribution in [-0.4, -0.2) is 59.4 Å². The highest BCUT2D eigenvalue weighted by Crippen LogP contribution is 2.27. The molecule has 0 aliphatic carbocycles. The van der Waals surface area contributed by atoms with Crippen LogP contribution in [0, 0.1) is 0 Å². The zero-order chi connectivity index (χ0) is 20.2. The van der Waals surface area contributed by atoms with E-state index in [0.29, 0.717) is 24.4 Å². The van der Waals surface area contributed by atoms with Gasteiger partial charge < -0.3 is 4.90 Å². The molecule has 156 valence electrons. The maximum atomic E-state index is 12.8. The van der Waals surface area contributed by atoms with Crippen molar-refractivity contribution in [3.05, 3.63) is 57.8 Å². The third-order valence-electron chi connectivity index (χ3n) is 6.72. The first-order chi connectivity index (χ1) is 14.2. The van der Waals surface area contributed by atoms with Crippen LogP contribution in [0.25, 0.3) is 0 Å². The molecule has 1 amide bonds. The van der Waals surface area contributed by atoms with Gasteiger partial charge in [0.15, 0.2) is 0 Å². The van der Waals surface area contributed by atoms with Gasteiger partial charge in [-0.25, -0.2) is 0 Å². The van der Waals surface area contributed by atoms with E-state index in [1.165, 1.54) is 22.4 Å². The largest absolute Gasteiger partial charge is 0.338 e. The predicted octanol–water partition coefficient (Wildman–Crippen LogP) is 4.18. The zero-order valence-corrected chi connectivity index (χ0v) is 18.5. The molecule has 2 aromatic rings. The number of thiophene rings is 1. The average molecular weight is 412 g/mol. The van der Waals surface area contributed by atoms with Gasteiger partial charge in [0.1, 0.15) is 0 Å². The predicted molar refractivity (Wildman–Crippen MR) is 120 cm³/mol. The van der Waals surface area contributed by atoms with Gasteiger partial charge in [0.25, 0.3) is 0 Å². The van der Waals surface area contributed by atoms with Gasteiger partial charge in [-0.15, -0.1) is 11.3 Å². The Kier molecular flexibility index (Phi) is 6.68. The van der Waals surface area contributed by atoms with Crippen LogP contribution in [0.5, 0.6) is 0 Å². The maximum Gasteiger partial charge on any atom is 0.224 e. The van der Waals surface area contributed by atoms with Gasteiger partial charge in [-0.3, -0.25) is 14.6 Å². The molecule has 4 rings (SSSR count). The minimum absolute atomic E-state index is 0.313. The van der Waals surface area contributed by atoms with E-state index in [4.69, 9.17) is 0 Å². The third kappa shape index (κ3) is 4.73. The summed E-state index contributed by atoms with van der Waals surface area (Å²) in [6.07, 6.45) is 2.85. The Morgan fingerprint density at radius 1 is 1.24 bits per heavy atom. The molecule has 0 spiro atoms. The number of hydrogen-bond acceptors (Lipinski definition) is 4. The lowest BCUT2D eigenvalue weighted by Gasteiger charge is -2.31. The van der Waals surface area contributed by atoms with Crippen LogP contribution >= 0.6 is 11.3 Å². The lowest BCUT2D eigenvalue weighted by atomic mass is 10.1. The van der Waals surface area contributed by atoms with Crippen molar-refractivity contribution in [2.45, 2.75) is 51.7 Å². The van der Waals surface area contributed by atoms with Gasteiger partial charge in [-0.05, 0) is 48.9 Å². The third-order valence-corrected chi connectivity index (χ3v) is 7.74. The first-order valence-electron chi connectivity index (χ1n) is 11.0. The highest BCUT2D eigenvalue weighted by atomic mass is 32.1. The molecule has 2 aliphatic rings. The molecule has 2 aliphatic heterocycles. The SMILES string of the molecule is CCN(CCC(=O)N1CCc2sccc2C1)C1CCN(C(C)c2ccccc2)C1. The lowest BCUT2D eigenvalue weighted by molar-refractivity contribution is -0.132. The number of hydrogen-bond donors (Lipinski definition) is 0. The Bertz CT molecular complexity index is 805. The first kappa shape index (κ1) is 20.6. The van der Waals surface area contributed by atoms with Crippen LogP contribution in [0.15, 0.2) is 41.8 Å². The molecule has 1 aromatic heterocycles. The smallest absolute Gasteiger partial charge is 0.224 e. The van der Waals surface area contributed by atoms with Crippen LogP contribution in [0.2, 0.25) is 0 Å². The van der Waals surface area contributed by atoms with E-state index >= 15 is 0 Å². The standard InChI is InChI=1S/C24H33N3OS/c1-3-25(15-11-24(28)27-14-10-23-21(17-27)12-16-29-23)22-9-13-26(18-22)19(2)20-7-5-4-6-8-20/h4-8,12,16,19,22H,3,9-11,13-15,17-18H2,1-2H3. The number of carbonyl (C=O) groups is 1. The maximum absolute atomic E-state index is 12.8. The van der Waals surface area contributed by atoms with Crippen molar-refractivity contribution >= 4 is 17.2 Å². The number of likely N-dealkylation sites (tertiary alicyclic amines) is 1. The number of carbonyl (C=O) groups excluding carboxylic acids is 1. The van der Waals surface area contributed by atoms with Gasteiger partial charge in [0.05, 0.1) is 0 Å². The quantitative estimate of drug-likeness (QED) is 0.684. The molecule has 5 heteroatoms. The van der Waals surface area contributed by atoms with Crippen LogP contribution < -0.4 is 0 Å². The molecule has 1 fully saturated rings. The normalized spacial score (nSPS) is 20.8. The van der Waals surface area contributed by atoms with Gasteiger partial charge in [0.2, 0.25) is 5.91 Å². The Morgan fingerprint density at radius 2 is 2.07 bits per heavy atom. The van der Waals surface area contributed by atoms with Gasteiger partial charge in [0, 0.05) is 56.1 Å². The number of likely N-dealkylation sites (N-methyl/N-ethyl adjacent to an activating group) is 1. The topological polar surface area (TPSA) is 26.8 Å². The summed E-state index contributed by atoms with van der Waals surface area (Å²) in [7, 11) is 0. The molecular formula is C24H33N3OS. The number of benzene rings is 1. The van der Waals surface area contributed by atoms with Crippen molar-refractivity contribution in [2.75, 3.05) is 32.7 Å². The summed E-state index contributed by atoms with van der Waals surface area (Å²) in [4.78, 5) is 21.4. The second-order valence-corrected chi connectivity index (χ2v) is 9.34. The summed E-state index contributed by atoms with van der Waals surface area (Å²) in [5, 5.41) is 2.15. The number of nitrogens with zero attached hydrogens (tertiary/aromatic N) is 3. The highest BCUT2D eigenvalue weighted by Gasteiger charge is 2.30. The molecule has 4 nitrogen and oxygen atoms in total. The summed E-state index contributed by atoms with van der Waals surface area (Å²) in [5.41, 5.74) is 2.74.